The molecule has 0 spiro atoms. The molecule has 1 aliphatic heterocycles. The van der Waals surface area contributed by atoms with E-state index < -0.39 is 0 Å². The maximum absolute atomic E-state index is 13.0. The van der Waals surface area contributed by atoms with Gasteiger partial charge in [-0.1, -0.05) is 18.0 Å². The Bertz CT molecular complexity index is 1020. The predicted octanol–water partition coefficient (Wildman–Crippen LogP) is 3.32. The van der Waals surface area contributed by atoms with Gasteiger partial charge in [-0.25, -0.2) is 0 Å². The minimum atomic E-state index is -0.127. The molecule has 0 N–H and O–H groups in total. The third-order valence-corrected chi connectivity index (χ3v) is 6.45. The molecule has 1 amide bonds. The van der Waals surface area contributed by atoms with Crippen molar-refractivity contribution in [2.75, 3.05) is 13.1 Å². The van der Waals surface area contributed by atoms with Crippen molar-refractivity contribution < 1.29 is 9.32 Å². The van der Waals surface area contributed by atoms with Crippen LogP contribution in [0.5, 0.6) is 0 Å². The lowest BCUT2D eigenvalue weighted by molar-refractivity contribution is 0.0633. The average molecular weight is 406 g/mol. The van der Waals surface area contributed by atoms with Crippen molar-refractivity contribution in [2.45, 2.75) is 51.0 Å². The number of piperidine rings is 1. The molecule has 0 unspecified atom stereocenters. The predicted molar refractivity (Wildman–Crippen MR) is 110 cm³/mol. The van der Waals surface area contributed by atoms with Crippen molar-refractivity contribution in [3.63, 3.8) is 0 Å². The molecule has 3 aromatic rings. The minimum Gasteiger partial charge on any atom is -0.337 e. The molecule has 0 bridgehead atoms. The summed E-state index contributed by atoms with van der Waals surface area (Å²) in [6.45, 7) is 4.07. The summed E-state index contributed by atoms with van der Waals surface area (Å²) in [5.74, 6) is 2.11. The molecule has 3 aromatic heterocycles. The number of carbonyl (C=O) groups is 1. The van der Waals surface area contributed by atoms with Gasteiger partial charge in [-0.15, -0.1) is 0 Å². The van der Waals surface area contributed by atoms with Gasteiger partial charge in [0.05, 0.1) is 0 Å². The SMILES string of the molecule is CCn1nccc1C(=O)N1CCC(CC2CC2)(c2noc(-c3ccncc3)n2)CC1. The fraction of sp³-hybridized carbons (Fsp3) is 0.500. The topological polar surface area (TPSA) is 89.9 Å². The lowest BCUT2D eigenvalue weighted by Gasteiger charge is -2.40. The van der Waals surface area contributed by atoms with E-state index >= 15 is 0 Å². The molecule has 1 aliphatic carbocycles. The summed E-state index contributed by atoms with van der Waals surface area (Å²) in [4.78, 5) is 23.8. The van der Waals surface area contributed by atoms with E-state index in [-0.39, 0.29) is 11.3 Å². The Labute approximate surface area is 175 Å². The van der Waals surface area contributed by atoms with Gasteiger partial charge in [-0.3, -0.25) is 14.5 Å². The molecular formula is C22H26N6O2. The molecule has 1 saturated heterocycles. The van der Waals surface area contributed by atoms with Gasteiger partial charge in [0, 0.05) is 49.2 Å². The van der Waals surface area contributed by atoms with E-state index in [2.05, 4.69) is 15.2 Å². The van der Waals surface area contributed by atoms with Crippen LogP contribution in [0.4, 0.5) is 0 Å². The summed E-state index contributed by atoms with van der Waals surface area (Å²) in [7, 11) is 0. The molecule has 4 heterocycles. The van der Waals surface area contributed by atoms with Gasteiger partial charge in [0.15, 0.2) is 5.82 Å². The summed E-state index contributed by atoms with van der Waals surface area (Å²) in [5.41, 5.74) is 1.41. The van der Waals surface area contributed by atoms with Gasteiger partial charge < -0.3 is 9.42 Å². The Balaban J connectivity index is 1.36. The fourth-order valence-corrected chi connectivity index (χ4v) is 4.51. The zero-order chi connectivity index (χ0) is 20.6. The smallest absolute Gasteiger partial charge is 0.272 e. The van der Waals surface area contributed by atoms with Crippen LogP contribution < -0.4 is 0 Å². The Morgan fingerprint density at radius 3 is 2.63 bits per heavy atom. The second kappa shape index (κ2) is 7.66. The fourth-order valence-electron chi connectivity index (χ4n) is 4.51. The lowest BCUT2D eigenvalue weighted by Crippen LogP contribution is -2.46. The molecule has 5 rings (SSSR count). The van der Waals surface area contributed by atoms with Crippen LogP contribution in [0, 0.1) is 5.92 Å². The van der Waals surface area contributed by atoms with Crippen molar-refractivity contribution in [3.05, 3.63) is 48.3 Å². The number of rotatable bonds is 6. The standard InChI is InChI=1S/C22H26N6O2/c1-2-28-18(7-12-24-28)20(29)27-13-8-22(9-14-27,15-16-3-4-16)21-25-19(30-26-21)17-5-10-23-11-6-17/h5-7,10-12,16H,2-4,8-9,13-15H2,1H3. The first-order valence-electron chi connectivity index (χ1n) is 10.7. The zero-order valence-electron chi connectivity index (χ0n) is 17.2. The maximum Gasteiger partial charge on any atom is 0.272 e. The second-order valence-electron chi connectivity index (χ2n) is 8.41. The molecule has 0 aromatic carbocycles. The van der Waals surface area contributed by atoms with Crippen LogP contribution in [0.3, 0.4) is 0 Å². The Hall–Kier alpha value is -3.03. The summed E-state index contributed by atoms with van der Waals surface area (Å²) in [6, 6.07) is 5.56. The first-order valence-corrected chi connectivity index (χ1v) is 10.7. The highest BCUT2D eigenvalue weighted by molar-refractivity contribution is 5.92. The van der Waals surface area contributed by atoms with Gasteiger partial charge in [-0.2, -0.15) is 10.1 Å². The van der Waals surface area contributed by atoms with Crippen LogP contribution in [0.1, 0.15) is 55.3 Å². The number of carbonyl (C=O) groups excluding carboxylic acids is 1. The van der Waals surface area contributed by atoms with E-state index in [0.29, 0.717) is 31.2 Å². The summed E-state index contributed by atoms with van der Waals surface area (Å²) in [5, 5.41) is 8.63. The van der Waals surface area contributed by atoms with Crippen LogP contribution in [-0.4, -0.2) is 48.8 Å². The number of likely N-dealkylation sites (tertiary alicyclic amines) is 1. The highest BCUT2D eigenvalue weighted by Crippen LogP contribution is 2.46. The number of aromatic nitrogens is 5. The van der Waals surface area contributed by atoms with Gasteiger partial charge in [0.2, 0.25) is 0 Å². The van der Waals surface area contributed by atoms with E-state index in [1.165, 1.54) is 12.8 Å². The minimum absolute atomic E-state index is 0.0555. The van der Waals surface area contributed by atoms with E-state index in [4.69, 9.17) is 9.51 Å². The van der Waals surface area contributed by atoms with Crippen molar-refractivity contribution >= 4 is 5.91 Å². The molecule has 30 heavy (non-hydrogen) atoms. The average Bonchev–Trinajstić information content (AvgIpc) is 3.27. The van der Waals surface area contributed by atoms with Gasteiger partial charge in [0.25, 0.3) is 11.8 Å². The number of aryl methyl sites for hydroxylation is 1. The van der Waals surface area contributed by atoms with Gasteiger partial charge in [-0.05, 0) is 50.3 Å². The molecule has 2 fully saturated rings. The Morgan fingerprint density at radius 2 is 1.93 bits per heavy atom. The van der Waals surface area contributed by atoms with E-state index in [9.17, 15) is 4.79 Å². The Kier molecular flexibility index (Phi) is 4.84. The summed E-state index contributed by atoms with van der Waals surface area (Å²) < 4.78 is 7.37. The van der Waals surface area contributed by atoms with E-state index in [1.807, 2.05) is 24.0 Å². The van der Waals surface area contributed by atoms with E-state index in [0.717, 1.165) is 36.6 Å². The zero-order valence-corrected chi connectivity index (χ0v) is 17.2. The van der Waals surface area contributed by atoms with Gasteiger partial charge in [0.1, 0.15) is 5.69 Å². The first kappa shape index (κ1) is 19.0. The Morgan fingerprint density at radius 1 is 1.17 bits per heavy atom. The normalized spacial score (nSPS) is 18.5. The van der Waals surface area contributed by atoms with Crippen LogP contribution >= 0.6 is 0 Å². The number of hydrogen-bond acceptors (Lipinski definition) is 6. The molecule has 8 heteroatoms. The van der Waals surface area contributed by atoms with Crippen LogP contribution in [-0.2, 0) is 12.0 Å². The maximum atomic E-state index is 13.0. The molecule has 2 aliphatic rings. The second-order valence-corrected chi connectivity index (χ2v) is 8.41. The summed E-state index contributed by atoms with van der Waals surface area (Å²) in [6.07, 6.45) is 10.5. The lowest BCUT2D eigenvalue weighted by atomic mass is 9.73. The van der Waals surface area contributed by atoms with E-state index in [1.54, 1.807) is 29.3 Å². The molecule has 0 radical (unpaired) electrons. The van der Waals surface area contributed by atoms with Crippen LogP contribution in [0.15, 0.2) is 41.3 Å². The number of nitrogens with zero attached hydrogens (tertiary/aromatic N) is 6. The number of pyridine rings is 1. The highest BCUT2D eigenvalue weighted by atomic mass is 16.5. The molecule has 1 saturated carbocycles. The van der Waals surface area contributed by atoms with Gasteiger partial charge >= 0.3 is 0 Å². The van der Waals surface area contributed by atoms with Crippen LogP contribution in [0.2, 0.25) is 0 Å². The summed E-state index contributed by atoms with van der Waals surface area (Å²) >= 11 is 0. The monoisotopic (exact) mass is 406 g/mol. The van der Waals surface area contributed by atoms with Crippen LogP contribution in [0.25, 0.3) is 11.5 Å². The number of hydrogen-bond donors (Lipinski definition) is 0. The first-order chi connectivity index (χ1) is 14.7. The molecule has 8 nitrogen and oxygen atoms in total. The molecular weight excluding hydrogens is 380 g/mol. The molecule has 0 atom stereocenters. The van der Waals surface area contributed by atoms with Crippen molar-refractivity contribution in [2.24, 2.45) is 5.92 Å². The van der Waals surface area contributed by atoms with Crippen molar-refractivity contribution in [1.29, 1.82) is 0 Å². The largest absolute Gasteiger partial charge is 0.337 e. The molecule has 156 valence electrons. The quantitative estimate of drug-likeness (QED) is 0.624. The third-order valence-electron chi connectivity index (χ3n) is 6.45. The highest BCUT2D eigenvalue weighted by Gasteiger charge is 2.45. The third kappa shape index (κ3) is 3.51. The van der Waals surface area contributed by atoms with Crippen molar-refractivity contribution in [1.82, 2.24) is 29.8 Å². The van der Waals surface area contributed by atoms with Crippen molar-refractivity contribution in [3.8, 4) is 11.5 Å². The number of amides is 1.